The van der Waals surface area contributed by atoms with Gasteiger partial charge in [0.15, 0.2) is 0 Å². The third-order valence-corrected chi connectivity index (χ3v) is 0.455. The molecule has 0 amide bonds. The van der Waals surface area contributed by atoms with E-state index in [0.29, 0.717) is 6.61 Å². The van der Waals surface area contributed by atoms with Crippen molar-refractivity contribution in [2.24, 2.45) is 5.73 Å². The van der Waals surface area contributed by atoms with Gasteiger partial charge in [-0.3, -0.25) is 0 Å². The van der Waals surface area contributed by atoms with Gasteiger partial charge in [-0.2, -0.15) is 0 Å². The summed E-state index contributed by atoms with van der Waals surface area (Å²) < 4.78 is 4.28. The van der Waals surface area contributed by atoms with E-state index in [9.17, 15) is 0 Å². The fourth-order valence-corrected chi connectivity index (χ4v) is 0.215. The average Bonchev–Trinajstić information content (AvgIpc) is 1.30. The molecular formula is C4H10BNO. The normalized spacial score (nSPS) is 11.9. The van der Waals surface area contributed by atoms with Crippen LogP contribution in [0, 0.1) is 0 Å². The lowest BCUT2D eigenvalue weighted by atomic mass is 10.1. The summed E-state index contributed by atoms with van der Waals surface area (Å²) >= 11 is 0. The van der Waals surface area contributed by atoms with E-state index in [-0.39, 0.29) is 5.54 Å². The summed E-state index contributed by atoms with van der Waals surface area (Å²) in [5.74, 6) is 0. The molecule has 2 radical (unpaired) electrons. The molecule has 0 aliphatic carbocycles. The molecule has 0 fully saturated rings. The molecule has 0 aromatic carbocycles. The minimum Gasteiger partial charge on any atom is -0.446 e. The second-order valence-electron chi connectivity index (χ2n) is 2.30. The van der Waals surface area contributed by atoms with Gasteiger partial charge in [-0.15, -0.1) is 0 Å². The van der Waals surface area contributed by atoms with Crippen LogP contribution < -0.4 is 5.73 Å². The molecule has 0 rings (SSSR count). The van der Waals surface area contributed by atoms with Crippen molar-refractivity contribution in [3.05, 3.63) is 0 Å². The molecule has 7 heavy (non-hydrogen) atoms. The molecule has 0 saturated carbocycles. The van der Waals surface area contributed by atoms with Crippen LogP contribution in [-0.4, -0.2) is 20.2 Å². The van der Waals surface area contributed by atoms with Gasteiger partial charge in [-0.05, 0) is 13.8 Å². The summed E-state index contributed by atoms with van der Waals surface area (Å²) in [5, 5.41) is 0. The average molecular weight is 98.9 g/mol. The van der Waals surface area contributed by atoms with Gasteiger partial charge in [0.2, 0.25) is 0 Å². The molecule has 0 atom stereocenters. The first kappa shape index (κ1) is 6.98. The van der Waals surface area contributed by atoms with Crippen molar-refractivity contribution in [1.82, 2.24) is 0 Å². The smallest absolute Gasteiger partial charge is 0.282 e. The Kier molecular flexibility index (Phi) is 2.33. The van der Waals surface area contributed by atoms with Gasteiger partial charge < -0.3 is 10.4 Å². The van der Waals surface area contributed by atoms with E-state index in [2.05, 4.69) is 4.65 Å². The molecule has 0 aromatic rings. The lowest BCUT2D eigenvalue weighted by molar-refractivity contribution is 0.263. The molecule has 0 unspecified atom stereocenters. The van der Waals surface area contributed by atoms with Crippen LogP contribution in [0.3, 0.4) is 0 Å². The third-order valence-electron chi connectivity index (χ3n) is 0.455. The predicted molar refractivity (Wildman–Crippen MR) is 30.0 cm³/mol. The third kappa shape index (κ3) is 5.98. The van der Waals surface area contributed by atoms with E-state index < -0.39 is 0 Å². The van der Waals surface area contributed by atoms with E-state index in [1.165, 1.54) is 0 Å². The topological polar surface area (TPSA) is 35.2 Å². The zero-order valence-electron chi connectivity index (χ0n) is 4.77. The van der Waals surface area contributed by atoms with E-state index in [0.717, 1.165) is 0 Å². The van der Waals surface area contributed by atoms with E-state index in [4.69, 9.17) is 13.8 Å². The van der Waals surface area contributed by atoms with Crippen molar-refractivity contribution in [1.29, 1.82) is 0 Å². The zero-order chi connectivity index (χ0) is 5.91. The van der Waals surface area contributed by atoms with Crippen molar-refractivity contribution >= 4 is 8.05 Å². The highest BCUT2D eigenvalue weighted by Gasteiger charge is 2.07. The van der Waals surface area contributed by atoms with E-state index in [1.807, 2.05) is 13.8 Å². The Hall–Kier alpha value is -0.0151. The van der Waals surface area contributed by atoms with Gasteiger partial charge in [-0.1, -0.05) is 0 Å². The minimum absolute atomic E-state index is 0.297. The molecular weight excluding hydrogens is 88.9 g/mol. The highest BCUT2D eigenvalue weighted by molar-refractivity contribution is 5.97. The summed E-state index contributed by atoms with van der Waals surface area (Å²) in [6.45, 7) is 4.09. The quantitative estimate of drug-likeness (QED) is 0.487. The molecule has 0 saturated heterocycles. The maximum atomic E-state index is 5.44. The number of hydrogen-bond donors (Lipinski definition) is 1. The zero-order valence-corrected chi connectivity index (χ0v) is 4.77. The second kappa shape index (κ2) is 2.33. The first-order valence-electron chi connectivity index (χ1n) is 2.17. The van der Waals surface area contributed by atoms with Gasteiger partial charge in [0.05, 0.1) is 0 Å². The van der Waals surface area contributed by atoms with Crippen LogP contribution in [0.1, 0.15) is 13.8 Å². The SMILES string of the molecule is [B]OCC(C)(C)N. The molecule has 0 heterocycles. The Morgan fingerprint density at radius 1 is 1.71 bits per heavy atom. The van der Waals surface area contributed by atoms with Crippen molar-refractivity contribution in [3.63, 3.8) is 0 Å². The maximum Gasteiger partial charge on any atom is 0.282 e. The fraction of sp³-hybridized carbons (Fsp3) is 1.00. The molecule has 0 bridgehead atoms. The molecule has 2 nitrogen and oxygen atoms in total. The predicted octanol–water partition coefficient (Wildman–Crippen LogP) is -0.176. The van der Waals surface area contributed by atoms with Crippen molar-refractivity contribution in [2.45, 2.75) is 19.4 Å². The highest BCUT2D eigenvalue weighted by atomic mass is 16.4. The summed E-state index contributed by atoms with van der Waals surface area (Å²) in [6.07, 6.45) is 0. The molecule has 0 aliphatic rings. The number of hydrogen-bond acceptors (Lipinski definition) is 2. The van der Waals surface area contributed by atoms with Crippen molar-refractivity contribution in [2.75, 3.05) is 6.61 Å². The molecule has 0 aromatic heterocycles. The Bertz CT molecular complexity index is 50.1. The van der Waals surface area contributed by atoms with Gasteiger partial charge in [0.25, 0.3) is 8.05 Å². The minimum atomic E-state index is -0.297. The largest absolute Gasteiger partial charge is 0.446 e. The van der Waals surface area contributed by atoms with E-state index in [1.54, 1.807) is 0 Å². The highest BCUT2D eigenvalue weighted by Crippen LogP contribution is 1.93. The Labute approximate surface area is 45.5 Å². The Morgan fingerprint density at radius 2 is 2.14 bits per heavy atom. The number of nitrogens with two attached hydrogens (primary N) is 1. The molecule has 0 aliphatic heterocycles. The first-order valence-corrected chi connectivity index (χ1v) is 2.17. The summed E-state index contributed by atoms with van der Waals surface area (Å²) in [6, 6.07) is 0. The first-order chi connectivity index (χ1) is 3.06. The molecule has 3 heteroatoms. The second-order valence-corrected chi connectivity index (χ2v) is 2.30. The van der Waals surface area contributed by atoms with Gasteiger partial charge >= 0.3 is 0 Å². The van der Waals surface area contributed by atoms with Crippen LogP contribution in [0.25, 0.3) is 0 Å². The number of rotatable bonds is 2. The van der Waals surface area contributed by atoms with Gasteiger partial charge in [-0.25, -0.2) is 0 Å². The standard InChI is InChI=1S/C4H10BNO/c1-4(2,6)3-7-5/h3,6H2,1-2H3. The molecule has 40 valence electrons. The van der Waals surface area contributed by atoms with E-state index >= 15 is 0 Å². The lowest BCUT2D eigenvalue weighted by Gasteiger charge is -2.16. The lowest BCUT2D eigenvalue weighted by Crippen LogP contribution is -2.37. The maximum absolute atomic E-state index is 5.44. The van der Waals surface area contributed by atoms with Crippen LogP contribution in [-0.2, 0) is 4.65 Å². The van der Waals surface area contributed by atoms with Gasteiger partial charge in [0.1, 0.15) is 0 Å². The monoisotopic (exact) mass is 99.1 g/mol. The van der Waals surface area contributed by atoms with Gasteiger partial charge in [0, 0.05) is 12.1 Å². The van der Waals surface area contributed by atoms with Crippen molar-refractivity contribution < 1.29 is 4.65 Å². The van der Waals surface area contributed by atoms with Crippen LogP contribution in [0.15, 0.2) is 0 Å². The molecule has 0 spiro atoms. The van der Waals surface area contributed by atoms with Crippen LogP contribution in [0.4, 0.5) is 0 Å². The molecule has 2 N–H and O–H groups in total. The Morgan fingerprint density at radius 3 is 2.14 bits per heavy atom. The van der Waals surface area contributed by atoms with Crippen molar-refractivity contribution in [3.8, 4) is 0 Å². The summed E-state index contributed by atoms with van der Waals surface area (Å²) in [4.78, 5) is 0. The fourth-order valence-electron chi connectivity index (χ4n) is 0.215. The summed E-state index contributed by atoms with van der Waals surface area (Å²) in [7, 11) is 4.73. The van der Waals surface area contributed by atoms with Crippen LogP contribution in [0.5, 0.6) is 0 Å². The van der Waals surface area contributed by atoms with Crippen LogP contribution >= 0.6 is 0 Å². The summed E-state index contributed by atoms with van der Waals surface area (Å²) in [5.41, 5.74) is 5.14. The Balaban J connectivity index is 3.15. The van der Waals surface area contributed by atoms with Crippen LogP contribution in [0.2, 0.25) is 0 Å².